The largest absolute Gasteiger partial charge is 0.337 e. The lowest BCUT2D eigenvalue weighted by atomic mass is 10.0. The van der Waals surface area contributed by atoms with Gasteiger partial charge in [0.2, 0.25) is 0 Å². The summed E-state index contributed by atoms with van der Waals surface area (Å²) in [5.41, 5.74) is 6.28. The first-order valence-corrected chi connectivity index (χ1v) is 11.4. The Labute approximate surface area is 202 Å². The molecule has 0 amide bonds. The Hall–Kier alpha value is -4.36. The van der Waals surface area contributed by atoms with E-state index in [0.29, 0.717) is 29.1 Å². The number of aliphatic imine (C=N–C) groups is 1. The number of halogens is 1. The van der Waals surface area contributed by atoms with Gasteiger partial charge in [-0.05, 0) is 48.0 Å². The number of nitrogens with one attached hydrogen (secondary N) is 3. The maximum absolute atomic E-state index is 14.5. The third kappa shape index (κ3) is 4.67. The Morgan fingerprint density at radius 1 is 1.09 bits per heavy atom. The SMILES string of the molecule is C=C(/C=N\C=C\c1ccc2[nH]nc(-c3nc4c(-c5ccccc5F)cccc4[nH]3)c2c1)CNCC. The number of likely N-dealkylation sites (N-methyl/N-ethyl adjacent to an activating group) is 1. The lowest BCUT2D eigenvalue weighted by Gasteiger charge is -2.03. The maximum Gasteiger partial charge on any atom is 0.159 e. The monoisotopic (exact) mass is 464 g/mol. The molecule has 7 heteroatoms. The molecular formula is C28H25FN6. The second-order valence-corrected chi connectivity index (χ2v) is 8.18. The molecule has 0 spiro atoms. The zero-order valence-electron chi connectivity index (χ0n) is 19.3. The fraction of sp³-hybridized carbons (Fsp3) is 0.107. The highest BCUT2D eigenvalue weighted by Gasteiger charge is 2.16. The van der Waals surface area contributed by atoms with Crippen molar-refractivity contribution in [2.45, 2.75) is 6.92 Å². The molecule has 3 aromatic carbocycles. The van der Waals surface area contributed by atoms with E-state index >= 15 is 0 Å². The number of H-pyrrole nitrogens is 2. The van der Waals surface area contributed by atoms with E-state index in [1.165, 1.54) is 6.07 Å². The van der Waals surface area contributed by atoms with Crippen LogP contribution in [0.4, 0.5) is 4.39 Å². The Kier molecular flexibility index (Phi) is 6.32. The number of hydrogen-bond donors (Lipinski definition) is 3. The van der Waals surface area contributed by atoms with Crippen LogP contribution in [0.25, 0.3) is 50.7 Å². The summed E-state index contributed by atoms with van der Waals surface area (Å²) in [5.74, 6) is 0.341. The fourth-order valence-corrected chi connectivity index (χ4v) is 3.97. The first kappa shape index (κ1) is 22.4. The molecular weight excluding hydrogens is 439 g/mol. The average molecular weight is 465 g/mol. The van der Waals surface area contributed by atoms with Crippen LogP contribution in [-0.2, 0) is 0 Å². The zero-order chi connectivity index (χ0) is 24.2. The standard InChI is InChI=1S/C28H25FN6/c1-3-30-16-18(2)17-31-14-13-19-11-12-24-22(15-19)27(35-34-24)28-32-25-10-6-8-21(26(25)33-28)20-7-4-5-9-23(20)29/h4-15,17,30H,2-3,16H2,1H3,(H,32,33)(H,34,35)/b14-13+,31-17-. The maximum atomic E-state index is 14.5. The number of nitrogens with zero attached hydrogens (tertiary/aromatic N) is 3. The molecule has 174 valence electrons. The topological polar surface area (TPSA) is 81.8 Å². The predicted octanol–water partition coefficient (Wildman–Crippen LogP) is 6.12. The molecule has 3 N–H and O–H groups in total. The number of rotatable bonds is 8. The fourth-order valence-electron chi connectivity index (χ4n) is 3.97. The number of benzene rings is 3. The van der Waals surface area contributed by atoms with Crippen LogP contribution in [0.5, 0.6) is 0 Å². The van der Waals surface area contributed by atoms with Crippen LogP contribution in [0.2, 0.25) is 0 Å². The van der Waals surface area contributed by atoms with Crippen molar-refractivity contribution in [1.29, 1.82) is 0 Å². The van der Waals surface area contributed by atoms with E-state index in [-0.39, 0.29) is 5.82 Å². The lowest BCUT2D eigenvalue weighted by Crippen LogP contribution is -2.15. The molecule has 0 saturated heterocycles. The highest BCUT2D eigenvalue weighted by Crippen LogP contribution is 2.32. The minimum absolute atomic E-state index is 0.279. The van der Waals surface area contributed by atoms with Crippen molar-refractivity contribution >= 4 is 34.2 Å². The Morgan fingerprint density at radius 2 is 1.94 bits per heavy atom. The molecule has 0 aliphatic carbocycles. The van der Waals surface area contributed by atoms with Crippen molar-refractivity contribution in [2.75, 3.05) is 13.1 Å². The Balaban J connectivity index is 1.47. The van der Waals surface area contributed by atoms with Crippen LogP contribution in [0.1, 0.15) is 12.5 Å². The number of imidazole rings is 1. The molecule has 0 aliphatic heterocycles. The molecule has 5 aromatic rings. The molecule has 5 rings (SSSR count). The van der Waals surface area contributed by atoms with Gasteiger partial charge in [-0.3, -0.25) is 10.1 Å². The number of aromatic nitrogens is 4. The van der Waals surface area contributed by atoms with Crippen LogP contribution in [-0.4, -0.2) is 39.5 Å². The molecule has 2 heterocycles. The molecule has 0 fully saturated rings. The number of aromatic amines is 2. The molecule has 35 heavy (non-hydrogen) atoms. The first-order chi connectivity index (χ1) is 17.1. The summed E-state index contributed by atoms with van der Waals surface area (Å²) in [5, 5.41) is 11.7. The van der Waals surface area contributed by atoms with Gasteiger partial charge in [0.1, 0.15) is 11.5 Å². The van der Waals surface area contributed by atoms with Crippen molar-refractivity contribution in [3.63, 3.8) is 0 Å². The summed E-state index contributed by atoms with van der Waals surface area (Å²) in [6, 6.07) is 18.4. The third-order valence-corrected chi connectivity index (χ3v) is 5.70. The van der Waals surface area contributed by atoms with Crippen LogP contribution in [0, 0.1) is 5.82 Å². The van der Waals surface area contributed by atoms with Crippen LogP contribution in [0.15, 0.2) is 84.0 Å². The lowest BCUT2D eigenvalue weighted by molar-refractivity contribution is 0.631. The normalized spacial score (nSPS) is 11.9. The highest BCUT2D eigenvalue weighted by molar-refractivity contribution is 5.97. The molecule has 6 nitrogen and oxygen atoms in total. The van der Waals surface area contributed by atoms with E-state index in [1.54, 1.807) is 24.5 Å². The second-order valence-electron chi connectivity index (χ2n) is 8.18. The van der Waals surface area contributed by atoms with Gasteiger partial charge in [-0.25, -0.2) is 9.37 Å². The third-order valence-electron chi connectivity index (χ3n) is 5.70. The zero-order valence-corrected chi connectivity index (χ0v) is 19.3. The van der Waals surface area contributed by atoms with Crippen molar-refractivity contribution in [1.82, 2.24) is 25.5 Å². The van der Waals surface area contributed by atoms with E-state index in [0.717, 1.165) is 39.7 Å². The summed E-state index contributed by atoms with van der Waals surface area (Å²) in [7, 11) is 0. The summed E-state index contributed by atoms with van der Waals surface area (Å²) in [6.07, 6.45) is 5.44. The van der Waals surface area contributed by atoms with Gasteiger partial charge in [-0.1, -0.05) is 49.9 Å². The summed E-state index contributed by atoms with van der Waals surface area (Å²) in [4.78, 5) is 12.5. The highest BCUT2D eigenvalue weighted by atomic mass is 19.1. The van der Waals surface area contributed by atoms with Crippen LogP contribution < -0.4 is 5.32 Å². The van der Waals surface area contributed by atoms with E-state index in [2.05, 4.69) is 39.0 Å². The number of fused-ring (bicyclic) bond motifs is 2. The molecule has 2 aromatic heterocycles. The molecule has 0 saturated carbocycles. The van der Waals surface area contributed by atoms with Gasteiger partial charge in [0, 0.05) is 35.5 Å². The molecule has 0 aliphatic rings. The minimum atomic E-state index is -0.279. The summed E-state index contributed by atoms with van der Waals surface area (Å²) >= 11 is 0. The van der Waals surface area contributed by atoms with Crippen molar-refractivity contribution < 1.29 is 4.39 Å². The van der Waals surface area contributed by atoms with Gasteiger partial charge in [-0.15, -0.1) is 0 Å². The second kappa shape index (κ2) is 9.87. The van der Waals surface area contributed by atoms with Gasteiger partial charge in [0.15, 0.2) is 5.82 Å². The molecule has 0 bridgehead atoms. The Morgan fingerprint density at radius 3 is 2.80 bits per heavy atom. The quantitative estimate of drug-likeness (QED) is 0.242. The Bertz CT molecular complexity index is 1570. The van der Waals surface area contributed by atoms with Crippen LogP contribution >= 0.6 is 0 Å². The van der Waals surface area contributed by atoms with E-state index in [1.807, 2.05) is 48.5 Å². The predicted molar refractivity (Wildman–Crippen MR) is 142 cm³/mol. The molecule has 0 atom stereocenters. The van der Waals surface area contributed by atoms with Crippen molar-refractivity contribution in [2.24, 2.45) is 4.99 Å². The first-order valence-electron chi connectivity index (χ1n) is 11.4. The molecule has 0 radical (unpaired) electrons. The van der Waals surface area contributed by atoms with Crippen molar-refractivity contribution in [3.8, 4) is 22.6 Å². The van der Waals surface area contributed by atoms with Crippen LogP contribution in [0.3, 0.4) is 0 Å². The summed E-state index contributed by atoms with van der Waals surface area (Å²) < 4.78 is 14.5. The van der Waals surface area contributed by atoms with Crippen molar-refractivity contribution in [3.05, 3.63) is 90.4 Å². The van der Waals surface area contributed by atoms with E-state index in [9.17, 15) is 4.39 Å². The van der Waals surface area contributed by atoms with E-state index < -0.39 is 0 Å². The van der Waals surface area contributed by atoms with Gasteiger partial charge in [0.25, 0.3) is 0 Å². The molecule has 0 unspecified atom stereocenters. The minimum Gasteiger partial charge on any atom is -0.337 e. The smallest absolute Gasteiger partial charge is 0.159 e. The number of para-hydroxylation sites is 1. The van der Waals surface area contributed by atoms with Gasteiger partial charge in [0.05, 0.1) is 16.6 Å². The average Bonchev–Trinajstić information content (AvgIpc) is 3.49. The van der Waals surface area contributed by atoms with Gasteiger partial charge >= 0.3 is 0 Å². The number of hydrogen-bond acceptors (Lipinski definition) is 4. The summed E-state index contributed by atoms with van der Waals surface area (Å²) in [6.45, 7) is 7.64. The van der Waals surface area contributed by atoms with Gasteiger partial charge in [-0.2, -0.15) is 5.10 Å². The van der Waals surface area contributed by atoms with E-state index in [4.69, 9.17) is 4.98 Å². The van der Waals surface area contributed by atoms with Gasteiger partial charge < -0.3 is 10.3 Å².